The molecule has 2 rings (SSSR count). The molecule has 0 aliphatic carbocycles. The third-order valence-corrected chi connectivity index (χ3v) is 1.95. The fraction of sp³-hybridized carbons (Fsp3) is 0.111. The minimum Gasteiger partial charge on any atom is -0.508 e. The van der Waals surface area contributed by atoms with Gasteiger partial charge in [-0.25, -0.2) is 4.68 Å². The van der Waals surface area contributed by atoms with Crippen molar-refractivity contribution in [2.75, 3.05) is 0 Å². The molecule has 5 nitrogen and oxygen atoms in total. The number of aromatic hydroxyl groups is 1. The van der Waals surface area contributed by atoms with Crippen LogP contribution in [0.2, 0.25) is 0 Å². The molecule has 0 spiro atoms. The summed E-state index contributed by atoms with van der Waals surface area (Å²) in [6, 6.07) is 4.97. The molecule has 14 heavy (non-hydrogen) atoms. The third kappa shape index (κ3) is 1.45. The lowest BCUT2D eigenvalue weighted by molar-refractivity contribution is 0.474. The van der Waals surface area contributed by atoms with Gasteiger partial charge in [-0.15, -0.1) is 5.10 Å². The predicted octanol–water partition coefficient (Wildman–Crippen LogP) is 0.432. The Morgan fingerprint density at radius 3 is 2.93 bits per heavy atom. The number of aromatic nitrogens is 3. The second-order valence-corrected chi connectivity index (χ2v) is 2.86. The van der Waals surface area contributed by atoms with Gasteiger partial charge in [0.15, 0.2) is 0 Å². The number of nitrogens with zero attached hydrogens (tertiary/aromatic N) is 3. The highest BCUT2D eigenvalue weighted by Gasteiger charge is 2.04. The minimum absolute atomic E-state index is 0.203. The molecule has 0 aliphatic rings. The summed E-state index contributed by atoms with van der Waals surface area (Å²) in [6.07, 6.45) is 3.32. The molecule has 0 atom stereocenters. The zero-order chi connectivity index (χ0) is 9.97. The molecule has 0 saturated heterocycles. The normalized spacial score (nSPS) is 10.4. The van der Waals surface area contributed by atoms with Crippen LogP contribution < -0.4 is 5.73 Å². The number of nitrogens with two attached hydrogens (primary N) is 1. The van der Waals surface area contributed by atoms with Gasteiger partial charge >= 0.3 is 0 Å². The molecule has 0 fully saturated rings. The van der Waals surface area contributed by atoms with Crippen LogP contribution in [0.4, 0.5) is 0 Å². The van der Waals surface area contributed by atoms with Gasteiger partial charge < -0.3 is 10.8 Å². The summed E-state index contributed by atoms with van der Waals surface area (Å²) in [4.78, 5) is 0. The van der Waals surface area contributed by atoms with Crippen LogP contribution in [0.3, 0.4) is 0 Å². The first kappa shape index (κ1) is 8.71. The fourth-order valence-electron chi connectivity index (χ4n) is 1.30. The van der Waals surface area contributed by atoms with Gasteiger partial charge in [-0.2, -0.15) is 0 Å². The van der Waals surface area contributed by atoms with Crippen molar-refractivity contribution in [2.24, 2.45) is 5.73 Å². The zero-order valence-electron chi connectivity index (χ0n) is 7.46. The number of benzene rings is 1. The Morgan fingerprint density at radius 1 is 1.43 bits per heavy atom. The molecule has 0 radical (unpaired) electrons. The van der Waals surface area contributed by atoms with E-state index in [2.05, 4.69) is 10.3 Å². The van der Waals surface area contributed by atoms with E-state index in [4.69, 9.17) is 5.73 Å². The number of hydrogen-bond donors (Lipinski definition) is 2. The largest absolute Gasteiger partial charge is 0.508 e. The van der Waals surface area contributed by atoms with E-state index in [-0.39, 0.29) is 5.75 Å². The average Bonchev–Trinajstić information content (AvgIpc) is 2.70. The van der Waals surface area contributed by atoms with Crippen molar-refractivity contribution in [2.45, 2.75) is 6.54 Å². The van der Waals surface area contributed by atoms with Gasteiger partial charge in [-0.05, 0) is 23.8 Å². The van der Waals surface area contributed by atoms with E-state index in [1.807, 2.05) is 0 Å². The summed E-state index contributed by atoms with van der Waals surface area (Å²) in [6.45, 7) is 0.351. The molecule has 2 aromatic rings. The molecule has 5 heteroatoms. The van der Waals surface area contributed by atoms with E-state index in [1.165, 1.54) is 0 Å². The third-order valence-electron chi connectivity index (χ3n) is 1.95. The molecule has 0 amide bonds. The predicted molar refractivity (Wildman–Crippen MR) is 50.9 cm³/mol. The first-order valence-corrected chi connectivity index (χ1v) is 4.20. The molecule has 0 bridgehead atoms. The van der Waals surface area contributed by atoms with Crippen molar-refractivity contribution in [1.29, 1.82) is 0 Å². The Morgan fingerprint density at radius 2 is 2.29 bits per heavy atom. The van der Waals surface area contributed by atoms with Crippen molar-refractivity contribution in [3.63, 3.8) is 0 Å². The summed E-state index contributed by atoms with van der Waals surface area (Å²) in [5, 5.41) is 16.8. The Hall–Kier alpha value is -1.88. The second kappa shape index (κ2) is 3.47. The first-order valence-electron chi connectivity index (χ1n) is 4.20. The lowest BCUT2D eigenvalue weighted by Gasteiger charge is -2.06. The lowest BCUT2D eigenvalue weighted by atomic mass is 10.1. The van der Waals surface area contributed by atoms with E-state index >= 15 is 0 Å². The Labute approximate surface area is 80.8 Å². The van der Waals surface area contributed by atoms with Gasteiger partial charge in [0, 0.05) is 6.54 Å². The van der Waals surface area contributed by atoms with Crippen molar-refractivity contribution in [1.82, 2.24) is 15.0 Å². The average molecular weight is 190 g/mol. The summed E-state index contributed by atoms with van der Waals surface area (Å²) >= 11 is 0. The van der Waals surface area contributed by atoms with Crippen LogP contribution in [-0.2, 0) is 6.54 Å². The lowest BCUT2D eigenvalue weighted by Crippen LogP contribution is -2.04. The SMILES string of the molecule is NCc1cc(O)ccc1-n1ccnn1. The Bertz CT molecular complexity index is 424. The molecular weight excluding hydrogens is 180 g/mol. The molecule has 1 aromatic carbocycles. The molecule has 1 aromatic heterocycles. The van der Waals surface area contributed by atoms with Crippen LogP contribution in [0.5, 0.6) is 5.75 Å². The fourth-order valence-corrected chi connectivity index (χ4v) is 1.30. The number of hydrogen-bond acceptors (Lipinski definition) is 4. The van der Waals surface area contributed by atoms with Crippen molar-refractivity contribution in [3.8, 4) is 11.4 Å². The van der Waals surface area contributed by atoms with Crippen molar-refractivity contribution in [3.05, 3.63) is 36.2 Å². The van der Waals surface area contributed by atoms with Crippen molar-refractivity contribution < 1.29 is 5.11 Å². The molecule has 1 heterocycles. The molecular formula is C9H10N4O. The number of phenolic OH excluding ortho intramolecular Hbond substituents is 1. The molecule has 0 unspecified atom stereocenters. The van der Waals surface area contributed by atoms with Crippen LogP contribution in [0.25, 0.3) is 5.69 Å². The molecule has 0 aliphatic heterocycles. The van der Waals surface area contributed by atoms with Crippen LogP contribution >= 0.6 is 0 Å². The summed E-state index contributed by atoms with van der Waals surface area (Å²) in [7, 11) is 0. The van der Waals surface area contributed by atoms with Gasteiger partial charge in [0.25, 0.3) is 0 Å². The van der Waals surface area contributed by atoms with Gasteiger partial charge in [-0.3, -0.25) is 0 Å². The summed E-state index contributed by atoms with van der Waals surface area (Å²) in [5.74, 6) is 0.203. The highest BCUT2D eigenvalue weighted by Crippen LogP contribution is 2.18. The monoisotopic (exact) mass is 190 g/mol. The highest BCUT2D eigenvalue weighted by molar-refractivity contribution is 5.44. The van der Waals surface area contributed by atoms with Gasteiger partial charge in [0.05, 0.1) is 18.1 Å². The molecule has 3 N–H and O–H groups in total. The second-order valence-electron chi connectivity index (χ2n) is 2.86. The first-order chi connectivity index (χ1) is 6.81. The molecule has 72 valence electrons. The maximum Gasteiger partial charge on any atom is 0.116 e. The van der Waals surface area contributed by atoms with Crippen LogP contribution in [-0.4, -0.2) is 20.1 Å². The number of phenols is 1. The van der Waals surface area contributed by atoms with Crippen LogP contribution in [0.15, 0.2) is 30.6 Å². The van der Waals surface area contributed by atoms with E-state index in [0.29, 0.717) is 6.54 Å². The van der Waals surface area contributed by atoms with E-state index < -0.39 is 0 Å². The zero-order valence-corrected chi connectivity index (χ0v) is 7.46. The summed E-state index contributed by atoms with van der Waals surface area (Å²) < 4.78 is 1.61. The Kier molecular flexibility index (Phi) is 2.16. The van der Waals surface area contributed by atoms with Gasteiger partial charge in [0.1, 0.15) is 5.75 Å². The van der Waals surface area contributed by atoms with E-state index in [0.717, 1.165) is 11.3 Å². The molecule has 0 saturated carbocycles. The van der Waals surface area contributed by atoms with E-state index in [9.17, 15) is 5.11 Å². The topological polar surface area (TPSA) is 77.0 Å². The highest BCUT2D eigenvalue weighted by atomic mass is 16.3. The van der Waals surface area contributed by atoms with Gasteiger partial charge in [0.2, 0.25) is 0 Å². The minimum atomic E-state index is 0.203. The smallest absolute Gasteiger partial charge is 0.116 e. The standard InChI is InChI=1S/C9H10N4O/c10-6-7-5-8(14)1-2-9(7)13-4-3-11-12-13/h1-5,14H,6,10H2. The number of rotatable bonds is 2. The summed E-state index contributed by atoms with van der Waals surface area (Å²) in [5.41, 5.74) is 7.22. The van der Waals surface area contributed by atoms with Gasteiger partial charge in [-0.1, -0.05) is 5.21 Å². The Balaban J connectivity index is 2.53. The van der Waals surface area contributed by atoms with Crippen LogP contribution in [0.1, 0.15) is 5.56 Å². The van der Waals surface area contributed by atoms with Crippen LogP contribution in [0, 0.1) is 0 Å². The van der Waals surface area contributed by atoms with E-state index in [1.54, 1.807) is 35.3 Å². The maximum atomic E-state index is 9.27. The maximum absolute atomic E-state index is 9.27. The quantitative estimate of drug-likeness (QED) is 0.720. The van der Waals surface area contributed by atoms with Crippen molar-refractivity contribution >= 4 is 0 Å².